The lowest BCUT2D eigenvalue weighted by Crippen LogP contribution is -2.36. The van der Waals surface area contributed by atoms with Crippen molar-refractivity contribution in [1.29, 1.82) is 0 Å². The zero-order valence-corrected chi connectivity index (χ0v) is 9.86. The van der Waals surface area contributed by atoms with Gasteiger partial charge in [-0.2, -0.15) is 0 Å². The minimum atomic E-state index is -0.696. The number of hydrogen-bond acceptors (Lipinski definition) is 3. The van der Waals surface area contributed by atoms with Crippen LogP contribution < -0.4 is 5.32 Å². The van der Waals surface area contributed by atoms with E-state index in [1.54, 1.807) is 6.20 Å². The molecule has 16 heavy (non-hydrogen) atoms. The maximum atomic E-state index is 13.4. The summed E-state index contributed by atoms with van der Waals surface area (Å²) in [7, 11) is 3.88. The van der Waals surface area contributed by atoms with Gasteiger partial charge in [0.05, 0.1) is 6.54 Å². The third kappa shape index (κ3) is 2.41. The zero-order chi connectivity index (χ0) is 11.5. The molecule has 1 saturated heterocycles. The third-order valence-electron chi connectivity index (χ3n) is 3.18. The van der Waals surface area contributed by atoms with E-state index in [9.17, 15) is 4.39 Å². The molecule has 1 N–H and O–H groups in total. The fraction of sp³-hybridized carbons (Fsp3) is 0.727. The molecule has 0 aromatic carbocycles. The van der Waals surface area contributed by atoms with Crippen molar-refractivity contribution in [2.45, 2.75) is 25.2 Å². The van der Waals surface area contributed by atoms with E-state index in [1.807, 2.05) is 24.9 Å². The van der Waals surface area contributed by atoms with Crippen LogP contribution in [-0.4, -0.2) is 46.8 Å². The summed E-state index contributed by atoms with van der Waals surface area (Å²) in [6.07, 6.45) is 3.64. The van der Waals surface area contributed by atoms with Crippen LogP contribution in [0, 0.1) is 0 Å². The maximum absolute atomic E-state index is 13.4. The normalized spacial score (nSPS) is 26.4. The van der Waals surface area contributed by atoms with Crippen LogP contribution in [0.1, 0.15) is 12.2 Å². The van der Waals surface area contributed by atoms with Crippen LogP contribution in [0.2, 0.25) is 0 Å². The fourth-order valence-electron chi connectivity index (χ4n) is 2.29. The Morgan fingerprint density at radius 2 is 2.44 bits per heavy atom. The van der Waals surface area contributed by atoms with Gasteiger partial charge in [-0.25, -0.2) is 9.37 Å². The topological polar surface area (TPSA) is 33.1 Å². The molecule has 90 valence electrons. The van der Waals surface area contributed by atoms with Gasteiger partial charge in [-0.15, -0.1) is 0 Å². The molecule has 1 aromatic heterocycles. The summed E-state index contributed by atoms with van der Waals surface area (Å²) >= 11 is 0. The molecule has 2 heterocycles. The van der Waals surface area contributed by atoms with E-state index in [2.05, 4.69) is 15.2 Å². The first-order chi connectivity index (χ1) is 7.70. The Hall–Kier alpha value is -0.940. The minimum Gasteiger partial charge on any atom is -0.337 e. The second kappa shape index (κ2) is 4.93. The Balaban J connectivity index is 2.00. The van der Waals surface area contributed by atoms with Crippen molar-refractivity contribution in [3.05, 3.63) is 18.2 Å². The first-order valence-electron chi connectivity index (χ1n) is 5.69. The van der Waals surface area contributed by atoms with Crippen molar-refractivity contribution in [3.63, 3.8) is 0 Å². The molecule has 0 radical (unpaired) electrons. The van der Waals surface area contributed by atoms with Crippen molar-refractivity contribution >= 4 is 0 Å². The smallest absolute Gasteiger partial charge is 0.122 e. The molecule has 0 unspecified atom stereocenters. The summed E-state index contributed by atoms with van der Waals surface area (Å²) < 4.78 is 15.4. The maximum Gasteiger partial charge on any atom is 0.122 e. The summed E-state index contributed by atoms with van der Waals surface area (Å²) in [6, 6.07) is 0.289. The highest BCUT2D eigenvalue weighted by Gasteiger charge is 2.31. The summed E-state index contributed by atoms with van der Waals surface area (Å²) in [5.41, 5.74) is 0. The third-order valence-corrected chi connectivity index (χ3v) is 3.18. The van der Waals surface area contributed by atoms with Gasteiger partial charge in [0.25, 0.3) is 0 Å². The lowest BCUT2D eigenvalue weighted by molar-refractivity contribution is 0.225. The van der Waals surface area contributed by atoms with Crippen LogP contribution in [0.4, 0.5) is 4.39 Å². The average molecular weight is 226 g/mol. The number of aromatic nitrogens is 2. The fourth-order valence-corrected chi connectivity index (χ4v) is 2.29. The molecule has 0 spiro atoms. The first-order valence-corrected chi connectivity index (χ1v) is 5.69. The summed E-state index contributed by atoms with van der Waals surface area (Å²) in [5, 5.41) is 3.12. The van der Waals surface area contributed by atoms with Gasteiger partial charge in [-0.3, -0.25) is 4.90 Å². The van der Waals surface area contributed by atoms with Gasteiger partial charge in [0, 0.05) is 38.6 Å². The van der Waals surface area contributed by atoms with Crippen LogP contribution in [0.5, 0.6) is 0 Å². The molecule has 0 amide bonds. The number of alkyl halides is 1. The van der Waals surface area contributed by atoms with E-state index in [1.165, 1.54) is 0 Å². The van der Waals surface area contributed by atoms with Crippen LogP contribution in [0.25, 0.3) is 0 Å². The van der Waals surface area contributed by atoms with E-state index < -0.39 is 6.17 Å². The Morgan fingerprint density at radius 3 is 3.06 bits per heavy atom. The number of halogens is 1. The average Bonchev–Trinajstić information content (AvgIpc) is 2.77. The largest absolute Gasteiger partial charge is 0.337 e. The Labute approximate surface area is 95.5 Å². The van der Waals surface area contributed by atoms with Gasteiger partial charge < -0.3 is 9.88 Å². The SMILES string of the molecule is CNC[C@@H]1C[C@@H](F)CN1Cc1nccn1C. The molecule has 0 bridgehead atoms. The monoisotopic (exact) mass is 226 g/mol. The van der Waals surface area contributed by atoms with Crippen molar-refractivity contribution in [1.82, 2.24) is 19.8 Å². The number of likely N-dealkylation sites (tertiary alicyclic amines) is 1. The van der Waals surface area contributed by atoms with E-state index in [4.69, 9.17) is 0 Å². The number of nitrogens with one attached hydrogen (secondary N) is 1. The molecule has 1 aliphatic rings. The lowest BCUT2D eigenvalue weighted by atomic mass is 10.2. The van der Waals surface area contributed by atoms with Gasteiger partial charge in [-0.05, 0) is 13.5 Å². The first kappa shape index (κ1) is 11.5. The minimum absolute atomic E-state index is 0.289. The van der Waals surface area contributed by atoms with E-state index in [-0.39, 0.29) is 6.04 Å². The van der Waals surface area contributed by atoms with E-state index in [0.717, 1.165) is 18.9 Å². The molecular formula is C11H19FN4. The highest BCUT2D eigenvalue weighted by atomic mass is 19.1. The standard InChI is InChI=1S/C11H19FN4/c1-13-6-10-5-9(12)7-16(10)8-11-14-3-4-15(11)2/h3-4,9-10,13H,5-8H2,1-2H3/t9-,10+/m1/s1. The van der Waals surface area contributed by atoms with Crippen molar-refractivity contribution in [2.75, 3.05) is 20.1 Å². The van der Waals surface area contributed by atoms with Gasteiger partial charge in [0.2, 0.25) is 0 Å². The molecule has 4 nitrogen and oxygen atoms in total. The Morgan fingerprint density at radius 1 is 1.62 bits per heavy atom. The second-order valence-electron chi connectivity index (χ2n) is 4.43. The predicted octanol–water partition coefficient (Wildman–Crippen LogP) is 0.552. The molecule has 1 aromatic rings. The van der Waals surface area contributed by atoms with Crippen LogP contribution in [-0.2, 0) is 13.6 Å². The molecular weight excluding hydrogens is 207 g/mol. The number of nitrogens with zero attached hydrogens (tertiary/aromatic N) is 3. The number of hydrogen-bond donors (Lipinski definition) is 1. The number of aryl methyl sites for hydroxylation is 1. The quantitative estimate of drug-likeness (QED) is 0.814. The highest BCUT2D eigenvalue weighted by molar-refractivity contribution is 4.95. The number of imidazole rings is 1. The molecule has 2 atom stereocenters. The second-order valence-corrected chi connectivity index (χ2v) is 4.43. The van der Waals surface area contributed by atoms with Gasteiger partial charge in [-0.1, -0.05) is 0 Å². The molecule has 2 rings (SSSR count). The molecule has 1 aliphatic heterocycles. The van der Waals surface area contributed by atoms with Crippen molar-refractivity contribution < 1.29 is 4.39 Å². The molecule has 0 saturated carbocycles. The lowest BCUT2D eigenvalue weighted by Gasteiger charge is -2.23. The van der Waals surface area contributed by atoms with Gasteiger partial charge in [0.1, 0.15) is 12.0 Å². The summed E-state index contributed by atoms with van der Waals surface area (Å²) in [5.74, 6) is 0.996. The molecule has 1 fully saturated rings. The summed E-state index contributed by atoms with van der Waals surface area (Å²) in [4.78, 5) is 6.45. The highest BCUT2D eigenvalue weighted by Crippen LogP contribution is 2.21. The number of rotatable bonds is 4. The van der Waals surface area contributed by atoms with Gasteiger partial charge >= 0.3 is 0 Å². The van der Waals surface area contributed by atoms with Crippen LogP contribution >= 0.6 is 0 Å². The van der Waals surface area contributed by atoms with E-state index >= 15 is 0 Å². The number of likely N-dealkylation sites (N-methyl/N-ethyl adjacent to an activating group) is 1. The van der Waals surface area contributed by atoms with Crippen LogP contribution in [0.15, 0.2) is 12.4 Å². The van der Waals surface area contributed by atoms with Crippen molar-refractivity contribution in [3.8, 4) is 0 Å². The zero-order valence-electron chi connectivity index (χ0n) is 9.86. The predicted molar refractivity (Wildman–Crippen MR) is 60.8 cm³/mol. The van der Waals surface area contributed by atoms with Gasteiger partial charge in [0.15, 0.2) is 0 Å². The Bertz CT molecular complexity index is 338. The van der Waals surface area contributed by atoms with Crippen LogP contribution in [0.3, 0.4) is 0 Å². The Kier molecular flexibility index (Phi) is 3.56. The summed E-state index contributed by atoms with van der Waals surface area (Å²) in [6.45, 7) is 2.10. The molecule has 5 heteroatoms. The van der Waals surface area contributed by atoms with E-state index in [0.29, 0.717) is 13.0 Å². The van der Waals surface area contributed by atoms with Crippen molar-refractivity contribution in [2.24, 2.45) is 7.05 Å². The molecule has 0 aliphatic carbocycles.